The van der Waals surface area contributed by atoms with Crippen LogP contribution in [0, 0.1) is 5.92 Å². The molecule has 1 aromatic rings. The van der Waals surface area contributed by atoms with Crippen molar-refractivity contribution in [1.29, 1.82) is 0 Å². The van der Waals surface area contributed by atoms with Gasteiger partial charge in [0.2, 0.25) is 21.8 Å². The number of hydrogen-bond donors (Lipinski definition) is 1. The molecule has 3 rings (SSSR count). The molecule has 1 aromatic carbocycles. The van der Waals surface area contributed by atoms with E-state index in [-0.39, 0.29) is 30.6 Å². The molecule has 2 aliphatic rings. The Balaban J connectivity index is 1.40. The van der Waals surface area contributed by atoms with Crippen molar-refractivity contribution < 1.29 is 22.7 Å². The van der Waals surface area contributed by atoms with Gasteiger partial charge in [-0.05, 0) is 30.9 Å². The lowest BCUT2D eigenvalue weighted by molar-refractivity contribution is -0.125. The van der Waals surface area contributed by atoms with Crippen LogP contribution in [0.25, 0.3) is 0 Å². The number of carbonyl (C=O) groups excluding carboxylic acids is 2. The lowest BCUT2D eigenvalue weighted by Gasteiger charge is -2.30. The topological polar surface area (TPSA) is 96.0 Å². The highest BCUT2D eigenvalue weighted by atomic mass is 32.2. The number of para-hydroxylation sites is 2. The highest BCUT2D eigenvalue weighted by molar-refractivity contribution is 7.88. The molecule has 0 aliphatic carbocycles. The number of ether oxygens (including phenoxy) is 1. The number of benzene rings is 1. The summed E-state index contributed by atoms with van der Waals surface area (Å²) in [4.78, 5) is 26.3. The van der Waals surface area contributed by atoms with Crippen LogP contribution in [0.2, 0.25) is 0 Å². The predicted molar refractivity (Wildman–Crippen MR) is 106 cm³/mol. The van der Waals surface area contributed by atoms with E-state index in [2.05, 4.69) is 5.32 Å². The summed E-state index contributed by atoms with van der Waals surface area (Å²) in [5.41, 5.74) is 0.747. The van der Waals surface area contributed by atoms with E-state index in [0.29, 0.717) is 38.5 Å². The molecule has 1 fully saturated rings. The molecule has 0 radical (unpaired) electrons. The SMILES string of the molecule is CS(=O)(=O)N1CCC(CNC(=O)CCC(=O)N2CCOc3ccccc32)CC1. The molecule has 2 heterocycles. The second kappa shape index (κ2) is 8.91. The van der Waals surface area contributed by atoms with Gasteiger partial charge in [-0.2, -0.15) is 0 Å². The quantitative estimate of drug-likeness (QED) is 0.756. The molecule has 2 amide bonds. The fourth-order valence-electron chi connectivity index (χ4n) is 3.58. The van der Waals surface area contributed by atoms with Crippen LogP contribution < -0.4 is 15.0 Å². The van der Waals surface area contributed by atoms with Crippen molar-refractivity contribution >= 4 is 27.5 Å². The molecule has 2 aliphatic heterocycles. The van der Waals surface area contributed by atoms with Gasteiger partial charge >= 0.3 is 0 Å². The fourth-order valence-corrected chi connectivity index (χ4v) is 4.45. The van der Waals surface area contributed by atoms with Crippen molar-refractivity contribution in [2.45, 2.75) is 25.7 Å². The number of amides is 2. The zero-order valence-electron chi connectivity index (χ0n) is 16.1. The van der Waals surface area contributed by atoms with Crippen molar-refractivity contribution in [3.63, 3.8) is 0 Å². The van der Waals surface area contributed by atoms with Crippen LogP contribution in [0.4, 0.5) is 5.69 Å². The molecule has 0 spiro atoms. The highest BCUT2D eigenvalue weighted by Gasteiger charge is 2.26. The van der Waals surface area contributed by atoms with Gasteiger partial charge in [0.15, 0.2) is 0 Å². The maximum absolute atomic E-state index is 12.5. The van der Waals surface area contributed by atoms with E-state index in [1.54, 1.807) is 4.90 Å². The first kappa shape index (κ1) is 20.6. The van der Waals surface area contributed by atoms with Gasteiger partial charge in [-0.1, -0.05) is 12.1 Å². The largest absolute Gasteiger partial charge is 0.490 e. The summed E-state index contributed by atoms with van der Waals surface area (Å²) in [7, 11) is -3.14. The standard InChI is InChI=1S/C19H27N3O5S/c1-28(25,26)21-10-8-15(9-11-21)14-20-18(23)6-7-19(24)22-12-13-27-17-5-3-2-4-16(17)22/h2-5,15H,6-14H2,1H3,(H,20,23). The summed E-state index contributed by atoms with van der Waals surface area (Å²) in [6.07, 6.45) is 2.97. The van der Waals surface area contributed by atoms with Crippen molar-refractivity contribution in [3.05, 3.63) is 24.3 Å². The Labute approximate surface area is 165 Å². The van der Waals surface area contributed by atoms with Gasteiger partial charge in [0.1, 0.15) is 12.4 Å². The summed E-state index contributed by atoms with van der Waals surface area (Å²) in [5.74, 6) is 0.712. The zero-order valence-corrected chi connectivity index (χ0v) is 16.9. The summed E-state index contributed by atoms with van der Waals surface area (Å²) < 4.78 is 30.1. The van der Waals surface area contributed by atoms with Crippen molar-refractivity contribution in [3.8, 4) is 5.75 Å². The molecule has 154 valence electrons. The second-order valence-corrected chi connectivity index (χ2v) is 9.25. The molecule has 0 bridgehead atoms. The lowest BCUT2D eigenvalue weighted by Crippen LogP contribution is -2.41. The van der Waals surface area contributed by atoms with Gasteiger partial charge in [-0.3, -0.25) is 9.59 Å². The van der Waals surface area contributed by atoms with Gasteiger partial charge in [0.05, 0.1) is 18.5 Å². The Morgan fingerprint density at radius 2 is 1.86 bits per heavy atom. The number of rotatable bonds is 6. The number of anilines is 1. The molecule has 1 saturated heterocycles. The van der Waals surface area contributed by atoms with Crippen LogP contribution >= 0.6 is 0 Å². The first-order valence-corrected chi connectivity index (χ1v) is 11.4. The van der Waals surface area contributed by atoms with Gasteiger partial charge in [-0.25, -0.2) is 12.7 Å². The second-order valence-electron chi connectivity index (χ2n) is 7.27. The molecule has 28 heavy (non-hydrogen) atoms. The minimum atomic E-state index is -3.14. The highest BCUT2D eigenvalue weighted by Crippen LogP contribution is 2.31. The Bertz CT molecular complexity index is 819. The van der Waals surface area contributed by atoms with Gasteiger partial charge in [0, 0.05) is 32.5 Å². The third-order valence-electron chi connectivity index (χ3n) is 5.23. The minimum Gasteiger partial charge on any atom is -0.490 e. The number of sulfonamides is 1. The van der Waals surface area contributed by atoms with E-state index >= 15 is 0 Å². The summed E-state index contributed by atoms with van der Waals surface area (Å²) in [6, 6.07) is 7.39. The molecular weight excluding hydrogens is 382 g/mol. The van der Waals surface area contributed by atoms with E-state index in [1.807, 2.05) is 24.3 Å². The van der Waals surface area contributed by atoms with E-state index < -0.39 is 10.0 Å². The van der Waals surface area contributed by atoms with Crippen LogP contribution in [0.5, 0.6) is 5.75 Å². The van der Waals surface area contributed by atoms with Gasteiger partial charge in [-0.15, -0.1) is 0 Å². The van der Waals surface area contributed by atoms with E-state index in [9.17, 15) is 18.0 Å². The molecule has 0 aromatic heterocycles. The fraction of sp³-hybridized carbons (Fsp3) is 0.579. The first-order valence-electron chi connectivity index (χ1n) is 9.58. The Morgan fingerprint density at radius 1 is 1.14 bits per heavy atom. The van der Waals surface area contributed by atoms with Crippen molar-refractivity contribution in [2.24, 2.45) is 5.92 Å². The van der Waals surface area contributed by atoms with Gasteiger partial charge in [0.25, 0.3) is 0 Å². The number of piperidine rings is 1. The average Bonchev–Trinajstić information content (AvgIpc) is 2.69. The molecule has 0 unspecified atom stereocenters. The normalized spacial score (nSPS) is 18.2. The van der Waals surface area contributed by atoms with Crippen LogP contribution in [0.15, 0.2) is 24.3 Å². The number of fused-ring (bicyclic) bond motifs is 1. The first-order chi connectivity index (χ1) is 13.3. The Morgan fingerprint density at radius 3 is 2.57 bits per heavy atom. The van der Waals surface area contributed by atoms with E-state index in [1.165, 1.54) is 10.6 Å². The number of hydrogen-bond acceptors (Lipinski definition) is 5. The average molecular weight is 410 g/mol. The number of carbonyl (C=O) groups is 2. The van der Waals surface area contributed by atoms with E-state index in [4.69, 9.17) is 4.74 Å². The minimum absolute atomic E-state index is 0.0904. The summed E-state index contributed by atoms with van der Waals surface area (Å²) in [5, 5.41) is 2.88. The molecular formula is C19H27N3O5S. The maximum atomic E-state index is 12.5. The van der Waals surface area contributed by atoms with Gasteiger partial charge < -0.3 is 15.0 Å². The molecule has 8 nitrogen and oxygen atoms in total. The smallest absolute Gasteiger partial charge is 0.227 e. The molecule has 9 heteroatoms. The van der Waals surface area contributed by atoms with E-state index in [0.717, 1.165) is 18.5 Å². The third kappa shape index (κ3) is 5.23. The Hall–Kier alpha value is -2.13. The number of nitrogens with zero attached hydrogens (tertiary/aromatic N) is 2. The zero-order chi connectivity index (χ0) is 20.1. The lowest BCUT2D eigenvalue weighted by atomic mass is 9.98. The van der Waals surface area contributed by atoms with Crippen LogP contribution in [0.3, 0.4) is 0 Å². The monoisotopic (exact) mass is 409 g/mol. The van der Waals surface area contributed by atoms with Crippen LogP contribution in [0.1, 0.15) is 25.7 Å². The predicted octanol–water partition coefficient (Wildman–Crippen LogP) is 0.980. The van der Waals surface area contributed by atoms with Crippen LogP contribution in [-0.2, 0) is 19.6 Å². The van der Waals surface area contributed by atoms with Crippen molar-refractivity contribution in [1.82, 2.24) is 9.62 Å². The van der Waals surface area contributed by atoms with Crippen LogP contribution in [-0.4, -0.2) is 63.6 Å². The molecule has 1 N–H and O–H groups in total. The maximum Gasteiger partial charge on any atom is 0.227 e. The molecule has 0 atom stereocenters. The van der Waals surface area contributed by atoms with Crippen molar-refractivity contribution in [2.75, 3.05) is 43.9 Å². The summed E-state index contributed by atoms with van der Waals surface area (Å²) >= 11 is 0. The summed E-state index contributed by atoms with van der Waals surface area (Å²) in [6.45, 7) is 2.44. The third-order valence-corrected chi connectivity index (χ3v) is 6.53. The number of nitrogens with one attached hydrogen (secondary N) is 1. The molecule has 0 saturated carbocycles. The Kier molecular flexibility index (Phi) is 6.56.